The summed E-state index contributed by atoms with van der Waals surface area (Å²) in [5, 5.41) is 13.4. The first-order valence-electron chi connectivity index (χ1n) is 8.20. The molecule has 2 aromatic carbocycles. The van der Waals surface area contributed by atoms with Gasteiger partial charge in [0.1, 0.15) is 16.3 Å². The van der Waals surface area contributed by atoms with Crippen LogP contribution in [0.1, 0.15) is 5.56 Å². The first kappa shape index (κ1) is 16.3. The Morgan fingerprint density at radius 2 is 1.73 bits per heavy atom. The van der Waals surface area contributed by atoms with E-state index in [-0.39, 0.29) is 5.75 Å². The SMILES string of the molecule is Nc1nc(NCCc2ccc(O)cc2)nc2sc(-c3ccccc3)nc12. The highest BCUT2D eigenvalue weighted by atomic mass is 32.1. The summed E-state index contributed by atoms with van der Waals surface area (Å²) in [5.41, 5.74) is 8.87. The van der Waals surface area contributed by atoms with E-state index < -0.39 is 0 Å². The molecule has 0 aliphatic heterocycles. The molecule has 0 saturated carbocycles. The van der Waals surface area contributed by atoms with E-state index >= 15 is 0 Å². The predicted molar refractivity (Wildman–Crippen MR) is 105 cm³/mol. The fourth-order valence-electron chi connectivity index (χ4n) is 2.61. The number of benzene rings is 2. The largest absolute Gasteiger partial charge is 0.508 e. The Morgan fingerprint density at radius 1 is 0.962 bits per heavy atom. The van der Waals surface area contributed by atoms with Crippen molar-refractivity contribution in [3.8, 4) is 16.3 Å². The van der Waals surface area contributed by atoms with E-state index in [0.717, 1.165) is 27.4 Å². The molecule has 26 heavy (non-hydrogen) atoms. The van der Waals surface area contributed by atoms with Crippen molar-refractivity contribution in [3.05, 3.63) is 60.2 Å². The smallest absolute Gasteiger partial charge is 0.226 e. The molecule has 4 rings (SSSR count). The molecule has 0 radical (unpaired) electrons. The molecule has 0 fully saturated rings. The van der Waals surface area contributed by atoms with E-state index in [1.54, 1.807) is 12.1 Å². The minimum Gasteiger partial charge on any atom is -0.508 e. The van der Waals surface area contributed by atoms with E-state index in [2.05, 4.69) is 20.3 Å². The maximum atomic E-state index is 9.32. The summed E-state index contributed by atoms with van der Waals surface area (Å²) >= 11 is 1.50. The van der Waals surface area contributed by atoms with Crippen LogP contribution in [-0.4, -0.2) is 26.6 Å². The van der Waals surface area contributed by atoms with Gasteiger partial charge in [-0.05, 0) is 24.1 Å². The number of rotatable bonds is 5. The zero-order valence-electron chi connectivity index (χ0n) is 13.9. The zero-order valence-corrected chi connectivity index (χ0v) is 14.7. The number of hydrogen-bond donors (Lipinski definition) is 3. The lowest BCUT2D eigenvalue weighted by Gasteiger charge is -2.06. The molecular formula is C19H17N5OS. The molecule has 130 valence electrons. The van der Waals surface area contributed by atoms with Gasteiger partial charge in [-0.2, -0.15) is 4.98 Å². The minimum absolute atomic E-state index is 0.266. The van der Waals surface area contributed by atoms with Crippen molar-refractivity contribution in [1.29, 1.82) is 0 Å². The van der Waals surface area contributed by atoms with Crippen LogP contribution in [0.2, 0.25) is 0 Å². The summed E-state index contributed by atoms with van der Waals surface area (Å²) in [6.45, 7) is 0.667. The Hall–Kier alpha value is -3.19. The zero-order chi connectivity index (χ0) is 17.9. The number of fused-ring (bicyclic) bond motifs is 1. The first-order valence-corrected chi connectivity index (χ1v) is 9.02. The number of thiazole rings is 1. The van der Waals surface area contributed by atoms with E-state index in [9.17, 15) is 5.11 Å². The third-order valence-corrected chi connectivity index (χ3v) is 4.94. The van der Waals surface area contributed by atoms with Gasteiger partial charge in [0.2, 0.25) is 5.95 Å². The van der Waals surface area contributed by atoms with E-state index in [1.807, 2.05) is 42.5 Å². The number of nitrogens with one attached hydrogen (secondary N) is 1. The molecule has 0 amide bonds. The van der Waals surface area contributed by atoms with Gasteiger partial charge in [0.05, 0.1) is 0 Å². The molecule has 6 nitrogen and oxygen atoms in total. The third-order valence-electron chi connectivity index (χ3n) is 3.94. The highest BCUT2D eigenvalue weighted by Crippen LogP contribution is 2.31. The summed E-state index contributed by atoms with van der Waals surface area (Å²) in [5.74, 6) is 1.14. The van der Waals surface area contributed by atoms with Crippen molar-refractivity contribution in [1.82, 2.24) is 15.0 Å². The maximum absolute atomic E-state index is 9.32. The lowest BCUT2D eigenvalue weighted by Crippen LogP contribution is -2.09. The second-order valence-corrected chi connectivity index (χ2v) is 6.79. The molecule has 0 aliphatic rings. The molecule has 0 spiro atoms. The number of phenols is 1. The summed E-state index contributed by atoms with van der Waals surface area (Å²) in [6, 6.07) is 17.1. The van der Waals surface area contributed by atoms with Crippen LogP contribution in [0, 0.1) is 0 Å². The minimum atomic E-state index is 0.266. The molecule has 0 unspecified atom stereocenters. The Bertz CT molecular complexity index is 1030. The maximum Gasteiger partial charge on any atom is 0.226 e. The number of aromatic nitrogens is 3. The standard InChI is InChI=1S/C19H17N5OS/c20-16-15-18(26-17(22-15)13-4-2-1-3-5-13)24-19(23-16)21-11-10-12-6-8-14(25)9-7-12/h1-9,25H,10-11H2,(H3,20,21,23,24). The first-order chi connectivity index (χ1) is 12.7. The lowest BCUT2D eigenvalue weighted by molar-refractivity contribution is 0.475. The molecule has 4 N–H and O–H groups in total. The van der Waals surface area contributed by atoms with Crippen LogP contribution >= 0.6 is 11.3 Å². The van der Waals surface area contributed by atoms with Crippen molar-refractivity contribution >= 4 is 33.5 Å². The average molecular weight is 363 g/mol. The highest BCUT2D eigenvalue weighted by molar-refractivity contribution is 7.21. The number of nitrogens with two attached hydrogens (primary N) is 1. The Labute approximate surface area is 154 Å². The number of phenolic OH excluding ortho intramolecular Hbond substituents is 1. The summed E-state index contributed by atoms with van der Waals surface area (Å²) in [7, 11) is 0. The monoisotopic (exact) mass is 363 g/mol. The quantitative estimate of drug-likeness (QED) is 0.500. The summed E-state index contributed by atoms with van der Waals surface area (Å²) in [6.07, 6.45) is 0.791. The number of nitrogens with zero attached hydrogens (tertiary/aromatic N) is 3. The van der Waals surface area contributed by atoms with Crippen LogP contribution < -0.4 is 11.1 Å². The number of hydrogen-bond acceptors (Lipinski definition) is 7. The van der Waals surface area contributed by atoms with Gasteiger partial charge in [0.15, 0.2) is 10.6 Å². The van der Waals surface area contributed by atoms with Crippen LogP contribution in [-0.2, 0) is 6.42 Å². The van der Waals surface area contributed by atoms with Crippen LogP contribution in [0.25, 0.3) is 20.9 Å². The van der Waals surface area contributed by atoms with Gasteiger partial charge >= 0.3 is 0 Å². The van der Waals surface area contributed by atoms with Gasteiger partial charge in [-0.15, -0.1) is 0 Å². The average Bonchev–Trinajstić information content (AvgIpc) is 3.09. The van der Waals surface area contributed by atoms with Crippen LogP contribution in [0.4, 0.5) is 11.8 Å². The predicted octanol–water partition coefficient (Wildman–Crippen LogP) is 3.70. The van der Waals surface area contributed by atoms with Crippen LogP contribution in [0.3, 0.4) is 0 Å². The second kappa shape index (κ2) is 6.97. The van der Waals surface area contributed by atoms with Crippen molar-refractivity contribution < 1.29 is 5.11 Å². The molecule has 2 aromatic heterocycles. The fraction of sp³-hybridized carbons (Fsp3) is 0.105. The van der Waals surface area contributed by atoms with Crippen molar-refractivity contribution in [2.75, 3.05) is 17.6 Å². The van der Waals surface area contributed by atoms with E-state index in [0.29, 0.717) is 23.8 Å². The number of nitrogen functional groups attached to an aromatic ring is 1. The van der Waals surface area contributed by atoms with Gasteiger partial charge in [-0.3, -0.25) is 0 Å². The number of aromatic hydroxyl groups is 1. The van der Waals surface area contributed by atoms with Crippen LogP contribution in [0.5, 0.6) is 5.75 Å². The molecule has 0 saturated heterocycles. The van der Waals surface area contributed by atoms with Crippen molar-refractivity contribution in [3.63, 3.8) is 0 Å². The Kier molecular flexibility index (Phi) is 4.37. The molecule has 2 heterocycles. The topological polar surface area (TPSA) is 97.0 Å². The van der Waals surface area contributed by atoms with Crippen molar-refractivity contribution in [2.24, 2.45) is 0 Å². The van der Waals surface area contributed by atoms with Crippen LogP contribution in [0.15, 0.2) is 54.6 Å². The van der Waals surface area contributed by atoms with Gasteiger partial charge in [-0.1, -0.05) is 53.8 Å². The molecular weight excluding hydrogens is 346 g/mol. The van der Waals surface area contributed by atoms with E-state index in [1.165, 1.54) is 11.3 Å². The summed E-state index contributed by atoms with van der Waals surface area (Å²) < 4.78 is 0. The second-order valence-electron chi connectivity index (χ2n) is 5.81. The third kappa shape index (κ3) is 3.43. The normalized spacial score (nSPS) is 10.9. The molecule has 0 atom stereocenters. The van der Waals surface area contributed by atoms with E-state index in [4.69, 9.17) is 5.73 Å². The fourth-order valence-corrected chi connectivity index (χ4v) is 3.56. The molecule has 4 aromatic rings. The van der Waals surface area contributed by atoms with Gasteiger partial charge in [0, 0.05) is 12.1 Å². The lowest BCUT2D eigenvalue weighted by atomic mass is 10.1. The Balaban J connectivity index is 1.52. The molecule has 7 heteroatoms. The van der Waals surface area contributed by atoms with Crippen molar-refractivity contribution in [2.45, 2.75) is 6.42 Å². The van der Waals surface area contributed by atoms with Gasteiger partial charge in [-0.25, -0.2) is 9.97 Å². The highest BCUT2D eigenvalue weighted by Gasteiger charge is 2.12. The van der Waals surface area contributed by atoms with Gasteiger partial charge < -0.3 is 16.2 Å². The molecule has 0 aliphatic carbocycles. The number of anilines is 2. The van der Waals surface area contributed by atoms with Gasteiger partial charge in [0.25, 0.3) is 0 Å². The summed E-state index contributed by atoms with van der Waals surface area (Å²) in [4.78, 5) is 14.2. The Morgan fingerprint density at radius 3 is 2.50 bits per heavy atom. The molecule has 0 bridgehead atoms.